The van der Waals surface area contributed by atoms with Gasteiger partial charge in [-0.2, -0.15) is 0 Å². The molecule has 1 fully saturated rings. The lowest BCUT2D eigenvalue weighted by molar-refractivity contribution is -0.136. The molecule has 0 aromatic carbocycles. The zero-order valence-corrected chi connectivity index (χ0v) is 12.4. The fourth-order valence-electron chi connectivity index (χ4n) is 2.66. The van der Waals surface area contributed by atoms with Crippen molar-refractivity contribution in [3.05, 3.63) is 16.1 Å². The second-order valence-electron chi connectivity index (χ2n) is 5.60. The van der Waals surface area contributed by atoms with Gasteiger partial charge in [0, 0.05) is 24.4 Å². The van der Waals surface area contributed by atoms with Crippen LogP contribution in [0.5, 0.6) is 0 Å². The van der Waals surface area contributed by atoms with Crippen molar-refractivity contribution in [1.82, 2.24) is 9.88 Å². The Morgan fingerprint density at radius 1 is 1.63 bits per heavy atom. The number of aliphatic carboxylic acids is 1. The quantitative estimate of drug-likeness (QED) is 0.901. The van der Waals surface area contributed by atoms with Crippen LogP contribution in [0.3, 0.4) is 0 Å². The van der Waals surface area contributed by atoms with E-state index in [2.05, 4.69) is 23.7 Å². The monoisotopic (exact) mass is 282 g/mol. The van der Waals surface area contributed by atoms with E-state index < -0.39 is 5.97 Å². The highest BCUT2D eigenvalue weighted by Crippen LogP contribution is 2.23. The highest BCUT2D eigenvalue weighted by Gasteiger charge is 2.22. The minimum Gasteiger partial charge on any atom is -0.481 e. The highest BCUT2D eigenvalue weighted by atomic mass is 32.1. The summed E-state index contributed by atoms with van der Waals surface area (Å²) in [4.78, 5) is 17.6. The van der Waals surface area contributed by atoms with Gasteiger partial charge < -0.3 is 10.0 Å². The summed E-state index contributed by atoms with van der Waals surface area (Å²) in [6, 6.07) is 0.613. The summed E-state index contributed by atoms with van der Waals surface area (Å²) >= 11 is 1.60. The molecule has 106 valence electrons. The van der Waals surface area contributed by atoms with Gasteiger partial charge in [-0.3, -0.25) is 4.79 Å². The van der Waals surface area contributed by atoms with Gasteiger partial charge in [0.15, 0.2) is 0 Å². The number of aromatic nitrogens is 1. The first-order valence-corrected chi connectivity index (χ1v) is 7.81. The van der Waals surface area contributed by atoms with Gasteiger partial charge in [0.05, 0.1) is 17.1 Å². The van der Waals surface area contributed by atoms with E-state index in [-0.39, 0.29) is 6.42 Å². The molecule has 0 aliphatic carbocycles. The van der Waals surface area contributed by atoms with Gasteiger partial charge in [0.1, 0.15) is 0 Å². The Morgan fingerprint density at radius 3 is 3.11 bits per heavy atom. The Hall–Kier alpha value is -0.940. The van der Waals surface area contributed by atoms with E-state index in [1.54, 1.807) is 11.3 Å². The van der Waals surface area contributed by atoms with Gasteiger partial charge in [0.25, 0.3) is 0 Å². The normalized spacial score (nSPS) is 20.9. The van der Waals surface area contributed by atoms with E-state index >= 15 is 0 Å². The Kier molecular flexibility index (Phi) is 4.93. The van der Waals surface area contributed by atoms with Crippen molar-refractivity contribution in [2.45, 2.75) is 45.6 Å². The molecule has 1 aromatic rings. The molecule has 19 heavy (non-hydrogen) atoms. The minimum absolute atomic E-state index is 0.0410. The van der Waals surface area contributed by atoms with Crippen LogP contribution in [-0.2, 0) is 17.6 Å². The topological polar surface area (TPSA) is 53.4 Å². The molecule has 1 N–H and O–H groups in total. The number of likely N-dealkylation sites (tertiary alicyclic amines) is 1. The predicted molar refractivity (Wildman–Crippen MR) is 76.6 cm³/mol. The van der Waals surface area contributed by atoms with Crippen molar-refractivity contribution in [3.8, 4) is 0 Å². The number of thiazole rings is 1. The molecule has 0 bridgehead atoms. The minimum atomic E-state index is -0.805. The molecule has 0 saturated carbocycles. The third kappa shape index (κ3) is 4.28. The number of hydrogen-bond donors (Lipinski definition) is 1. The fraction of sp³-hybridized carbons (Fsp3) is 0.714. The lowest BCUT2D eigenvalue weighted by atomic mass is 9.94. The van der Waals surface area contributed by atoms with Gasteiger partial charge in [0.2, 0.25) is 0 Å². The van der Waals surface area contributed by atoms with Crippen molar-refractivity contribution >= 4 is 17.3 Å². The molecular weight excluding hydrogens is 260 g/mol. The number of carbonyl (C=O) groups is 1. The van der Waals surface area contributed by atoms with Crippen molar-refractivity contribution in [2.24, 2.45) is 5.92 Å². The zero-order chi connectivity index (χ0) is 13.8. The SMILES string of the molecule is CC(C)N1CCCC(Cc2nc(CC(=O)O)cs2)C1. The van der Waals surface area contributed by atoms with Crippen LogP contribution < -0.4 is 0 Å². The molecule has 1 atom stereocenters. The highest BCUT2D eigenvalue weighted by molar-refractivity contribution is 7.09. The molecular formula is C14H22N2O2S. The van der Waals surface area contributed by atoms with Crippen molar-refractivity contribution in [1.29, 1.82) is 0 Å². The van der Waals surface area contributed by atoms with E-state index in [4.69, 9.17) is 5.11 Å². The van der Waals surface area contributed by atoms with Crippen molar-refractivity contribution < 1.29 is 9.90 Å². The van der Waals surface area contributed by atoms with E-state index in [1.165, 1.54) is 19.4 Å². The Labute approximate surface area is 118 Å². The first-order valence-electron chi connectivity index (χ1n) is 6.93. The second kappa shape index (κ2) is 6.48. The lowest BCUT2D eigenvalue weighted by Crippen LogP contribution is -2.40. The molecule has 2 heterocycles. The van der Waals surface area contributed by atoms with Crippen LogP contribution in [0.1, 0.15) is 37.4 Å². The van der Waals surface area contributed by atoms with E-state index in [0.717, 1.165) is 18.0 Å². The van der Waals surface area contributed by atoms with Crippen LogP contribution in [-0.4, -0.2) is 40.1 Å². The fourth-order valence-corrected chi connectivity index (χ4v) is 3.57. The first kappa shape index (κ1) is 14.5. The van der Waals surface area contributed by atoms with Crippen LogP contribution in [0.4, 0.5) is 0 Å². The largest absolute Gasteiger partial charge is 0.481 e. The Morgan fingerprint density at radius 2 is 2.42 bits per heavy atom. The van der Waals surface area contributed by atoms with Crippen molar-refractivity contribution in [2.75, 3.05) is 13.1 Å². The standard InChI is InChI=1S/C14H22N2O2S/c1-10(2)16-5-3-4-11(8-16)6-13-15-12(9-19-13)7-14(17)18/h9-11H,3-8H2,1-2H3,(H,17,18). The molecule has 1 aromatic heterocycles. The Bertz CT molecular complexity index is 431. The maximum Gasteiger partial charge on any atom is 0.309 e. The number of piperidine rings is 1. The van der Waals surface area contributed by atoms with Crippen molar-refractivity contribution in [3.63, 3.8) is 0 Å². The van der Waals surface area contributed by atoms with Crippen LogP contribution in [0.25, 0.3) is 0 Å². The van der Waals surface area contributed by atoms with E-state index in [0.29, 0.717) is 17.7 Å². The molecule has 1 saturated heterocycles. The maximum atomic E-state index is 10.6. The molecule has 1 aliphatic heterocycles. The average molecular weight is 282 g/mol. The molecule has 5 heteroatoms. The summed E-state index contributed by atoms with van der Waals surface area (Å²) in [6.45, 7) is 6.84. The van der Waals surface area contributed by atoms with Gasteiger partial charge >= 0.3 is 5.97 Å². The molecule has 1 unspecified atom stereocenters. The smallest absolute Gasteiger partial charge is 0.309 e. The average Bonchev–Trinajstić information content (AvgIpc) is 2.76. The lowest BCUT2D eigenvalue weighted by Gasteiger charge is -2.35. The summed E-state index contributed by atoms with van der Waals surface area (Å²) in [5.41, 5.74) is 0.698. The number of hydrogen-bond acceptors (Lipinski definition) is 4. The van der Waals surface area contributed by atoms with Gasteiger partial charge in [-0.15, -0.1) is 11.3 Å². The maximum absolute atomic E-state index is 10.6. The number of carboxylic acid groups (broad SMARTS) is 1. The molecule has 0 radical (unpaired) electrons. The summed E-state index contributed by atoms with van der Waals surface area (Å²) in [5.74, 6) is -0.138. The number of nitrogens with zero attached hydrogens (tertiary/aromatic N) is 2. The zero-order valence-electron chi connectivity index (χ0n) is 11.6. The van der Waals surface area contributed by atoms with E-state index in [9.17, 15) is 4.79 Å². The molecule has 2 rings (SSSR count). The van der Waals surface area contributed by atoms with Gasteiger partial charge in [-0.1, -0.05) is 0 Å². The summed E-state index contributed by atoms with van der Waals surface area (Å²) < 4.78 is 0. The molecule has 0 spiro atoms. The third-order valence-corrected chi connectivity index (χ3v) is 4.60. The van der Waals surface area contributed by atoms with Crippen LogP contribution in [0.2, 0.25) is 0 Å². The van der Waals surface area contributed by atoms with Gasteiger partial charge in [-0.05, 0) is 39.2 Å². The summed E-state index contributed by atoms with van der Waals surface area (Å²) in [5, 5.41) is 11.7. The Balaban J connectivity index is 1.89. The van der Waals surface area contributed by atoms with E-state index in [1.807, 2.05) is 5.38 Å². The number of carboxylic acids is 1. The molecule has 1 aliphatic rings. The van der Waals surface area contributed by atoms with Crippen LogP contribution >= 0.6 is 11.3 Å². The first-order chi connectivity index (χ1) is 9.04. The molecule has 4 nitrogen and oxygen atoms in total. The summed E-state index contributed by atoms with van der Waals surface area (Å²) in [6.07, 6.45) is 3.56. The van der Waals surface area contributed by atoms with Crippen LogP contribution in [0, 0.1) is 5.92 Å². The second-order valence-corrected chi connectivity index (χ2v) is 6.55. The summed E-state index contributed by atoms with van der Waals surface area (Å²) in [7, 11) is 0. The predicted octanol–water partition coefficient (Wildman–Crippen LogP) is 2.43. The van der Waals surface area contributed by atoms with Crippen LogP contribution in [0.15, 0.2) is 5.38 Å². The third-order valence-electron chi connectivity index (χ3n) is 3.68. The number of rotatable bonds is 5. The molecule has 0 amide bonds. The van der Waals surface area contributed by atoms with Gasteiger partial charge in [-0.25, -0.2) is 4.98 Å².